The van der Waals surface area contributed by atoms with Crippen LogP contribution in [0.25, 0.3) is 0 Å². The number of carbonyl (C=O) groups excluding carboxylic acids is 1. The third-order valence-corrected chi connectivity index (χ3v) is 3.39. The second-order valence-electron chi connectivity index (χ2n) is 4.75. The van der Waals surface area contributed by atoms with Crippen LogP contribution in [0.3, 0.4) is 0 Å². The van der Waals surface area contributed by atoms with Crippen LogP contribution in [0.1, 0.15) is 45.4 Å². The first-order valence-electron chi connectivity index (χ1n) is 6.21. The Morgan fingerprint density at radius 1 is 1.44 bits per heavy atom. The molecule has 0 aromatic rings. The highest BCUT2D eigenvalue weighted by molar-refractivity contribution is 5.86. The lowest BCUT2D eigenvalue weighted by atomic mass is 9.81. The number of hydrogen-bond donors (Lipinski definition) is 2. The van der Waals surface area contributed by atoms with Gasteiger partial charge in [0.1, 0.15) is 0 Å². The molecular weight excluding hydrogens is 204 g/mol. The van der Waals surface area contributed by atoms with Crippen LogP contribution in [0.2, 0.25) is 0 Å². The third kappa shape index (κ3) is 3.46. The van der Waals surface area contributed by atoms with Gasteiger partial charge in [-0.25, -0.2) is 0 Å². The summed E-state index contributed by atoms with van der Waals surface area (Å²) in [6, 6.07) is 0.0832. The molecule has 0 bridgehead atoms. The molecule has 1 atom stereocenters. The van der Waals surface area contributed by atoms with Gasteiger partial charge in [0.15, 0.2) is 0 Å². The Kier molecular flexibility index (Phi) is 5.22. The van der Waals surface area contributed by atoms with Crippen LogP contribution in [-0.2, 0) is 9.53 Å². The number of nitrogens with one attached hydrogen (secondary N) is 1. The molecule has 3 N–H and O–H groups in total. The molecule has 16 heavy (non-hydrogen) atoms. The van der Waals surface area contributed by atoms with Gasteiger partial charge in [-0.1, -0.05) is 26.2 Å². The number of ether oxygens (including phenoxy) is 1. The minimum atomic E-state index is -0.639. The Labute approximate surface area is 97.9 Å². The Morgan fingerprint density at radius 3 is 2.56 bits per heavy atom. The van der Waals surface area contributed by atoms with Crippen LogP contribution in [0, 0.1) is 0 Å². The summed E-state index contributed by atoms with van der Waals surface area (Å²) in [5, 5.41) is 2.99. The average Bonchev–Trinajstić information content (AvgIpc) is 2.29. The number of methoxy groups -OCH3 is 1. The van der Waals surface area contributed by atoms with Crippen molar-refractivity contribution < 1.29 is 9.53 Å². The number of nitrogens with two attached hydrogens (primary N) is 1. The summed E-state index contributed by atoms with van der Waals surface area (Å²) in [7, 11) is 1.65. The SMILES string of the molecule is CCC(COC)NC(=O)C1(N)CCCCC1. The van der Waals surface area contributed by atoms with Gasteiger partial charge in [0.25, 0.3) is 0 Å². The normalized spacial score (nSPS) is 21.4. The molecule has 0 aromatic carbocycles. The van der Waals surface area contributed by atoms with Crippen molar-refractivity contribution in [2.45, 2.75) is 57.0 Å². The molecule has 1 unspecified atom stereocenters. The zero-order chi connectivity index (χ0) is 12.0. The summed E-state index contributed by atoms with van der Waals surface area (Å²) in [4.78, 5) is 12.1. The Morgan fingerprint density at radius 2 is 2.06 bits per heavy atom. The molecule has 0 aromatic heterocycles. The lowest BCUT2D eigenvalue weighted by Gasteiger charge is -2.33. The number of hydrogen-bond acceptors (Lipinski definition) is 3. The maximum absolute atomic E-state index is 12.1. The van der Waals surface area contributed by atoms with Crippen LogP contribution >= 0.6 is 0 Å². The molecule has 1 fully saturated rings. The zero-order valence-electron chi connectivity index (χ0n) is 10.4. The van der Waals surface area contributed by atoms with Gasteiger partial charge in [0.05, 0.1) is 18.2 Å². The van der Waals surface area contributed by atoms with E-state index in [1.807, 2.05) is 6.92 Å². The predicted molar refractivity (Wildman–Crippen MR) is 64.1 cm³/mol. The highest BCUT2D eigenvalue weighted by atomic mass is 16.5. The van der Waals surface area contributed by atoms with Crippen LogP contribution in [0.5, 0.6) is 0 Å². The van der Waals surface area contributed by atoms with E-state index in [1.54, 1.807) is 7.11 Å². The van der Waals surface area contributed by atoms with Gasteiger partial charge in [-0.3, -0.25) is 4.79 Å². The molecule has 1 amide bonds. The largest absolute Gasteiger partial charge is 0.383 e. The topological polar surface area (TPSA) is 64.3 Å². The van der Waals surface area contributed by atoms with Crippen LogP contribution < -0.4 is 11.1 Å². The first kappa shape index (κ1) is 13.5. The lowest BCUT2D eigenvalue weighted by Crippen LogP contribution is -2.57. The van der Waals surface area contributed by atoms with Crippen LogP contribution in [0.15, 0.2) is 0 Å². The van der Waals surface area contributed by atoms with E-state index in [1.165, 1.54) is 6.42 Å². The fraction of sp³-hybridized carbons (Fsp3) is 0.917. The smallest absolute Gasteiger partial charge is 0.240 e. The summed E-state index contributed by atoms with van der Waals surface area (Å²) in [5.74, 6) is -0.00361. The third-order valence-electron chi connectivity index (χ3n) is 3.39. The van der Waals surface area contributed by atoms with E-state index in [0.717, 1.165) is 32.1 Å². The van der Waals surface area contributed by atoms with Gasteiger partial charge in [0.2, 0.25) is 5.91 Å². The summed E-state index contributed by atoms with van der Waals surface area (Å²) >= 11 is 0. The van der Waals surface area contributed by atoms with Gasteiger partial charge in [-0.15, -0.1) is 0 Å². The van der Waals surface area contributed by atoms with E-state index >= 15 is 0 Å². The Hall–Kier alpha value is -0.610. The van der Waals surface area contributed by atoms with Gasteiger partial charge >= 0.3 is 0 Å². The van der Waals surface area contributed by atoms with Gasteiger partial charge in [-0.2, -0.15) is 0 Å². The molecule has 0 aliphatic heterocycles. The molecule has 1 aliphatic rings. The monoisotopic (exact) mass is 228 g/mol. The van der Waals surface area contributed by atoms with Crippen LogP contribution in [-0.4, -0.2) is 31.2 Å². The molecule has 0 spiro atoms. The summed E-state index contributed by atoms with van der Waals surface area (Å²) in [6.07, 6.45) is 5.80. The van der Waals surface area contributed by atoms with E-state index in [9.17, 15) is 4.79 Å². The summed E-state index contributed by atoms with van der Waals surface area (Å²) < 4.78 is 5.06. The van der Waals surface area contributed by atoms with Crippen molar-refractivity contribution in [1.29, 1.82) is 0 Å². The highest BCUT2D eigenvalue weighted by Crippen LogP contribution is 2.26. The molecule has 4 nitrogen and oxygen atoms in total. The second kappa shape index (κ2) is 6.21. The quantitative estimate of drug-likeness (QED) is 0.743. The predicted octanol–water partition coefficient (Wildman–Crippen LogP) is 1.19. The first-order valence-corrected chi connectivity index (χ1v) is 6.21. The minimum Gasteiger partial charge on any atom is -0.383 e. The van der Waals surface area contributed by atoms with Gasteiger partial charge < -0.3 is 15.8 Å². The molecule has 4 heteroatoms. The van der Waals surface area contributed by atoms with Crippen molar-refractivity contribution in [2.75, 3.05) is 13.7 Å². The standard InChI is InChI=1S/C12H24N2O2/c1-3-10(9-16-2)14-11(15)12(13)7-5-4-6-8-12/h10H,3-9,13H2,1-2H3,(H,14,15). The Balaban J connectivity index is 2.48. The minimum absolute atomic E-state index is 0.00361. The summed E-state index contributed by atoms with van der Waals surface area (Å²) in [6.45, 7) is 2.59. The fourth-order valence-corrected chi connectivity index (χ4v) is 2.20. The second-order valence-corrected chi connectivity index (χ2v) is 4.75. The van der Waals surface area contributed by atoms with Gasteiger partial charge in [-0.05, 0) is 19.3 Å². The first-order chi connectivity index (χ1) is 7.62. The maximum atomic E-state index is 12.1. The molecule has 0 radical (unpaired) electrons. The van der Waals surface area contributed by atoms with E-state index in [4.69, 9.17) is 10.5 Å². The maximum Gasteiger partial charge on any atom is 0.240 e. The molecule has 94 valence electrons. The number of carbonyl (C=O) groups is 1. The van der Waals surface area contributed by atoms with Crippen molar-refractivity contribution in [2.24, 2.45) is 5.73 Å². The number of rotatable bonds is 5. The summed E-state index contributed by atoms with van der Waals surface area (Å²) in [5.41, 5.74) is 5.51. The molecule has 1 aliphatic carbocycles. The molecule has 1 rings (SSSR count). The molecular formula is C12H24N2O2. The van der Waals surface area contributed by atoms with Gasteiger partial charge in [0, 0.05) is 7.11 Å². The van der Waals surface area contributed by atoms with E-state index in [-0.39, 0.29) is 11.9 Å². The van der Waals surface area contributed by atoms with E-state index < -0.39 is 5.54 Å². The van der Waals surface area contributed by atoms with Crippen molar-refractivity contribution in [3.05, 3.63) is 0 Å². The average molecular weight is 228 g/mol. The van der Waals surface area contributed by atoms with Crippen molar-refractivity contribution in [3.8, 4) is 0 Å². The van der Waals surface area contributed by atoms with Crippen LogP contribution in [0.4, 0.5) is 0 Å². The van der Waals surface area contributed by atoms with Crippen molar-refractivity contribution >= 4 is 5.91 Å². The molecule has 1 saturated carbocycles. The highest BCUT2D eigenvalue weighted by Gasteiger charge is 2.35. The van der Waals surface area contributed by atoms with Crippen molar-refractivity contribution in [1.82, 2.24) is 5.32 Å². The molecule has 0 saturated heterocycles. The van der Waals surface area contributed by atoms with E-state index in [0.29, 0.717) is 6.61 Å². The number of amides is 1. The van der Waals surface area contributed by atoms with E-state index in [2.05, 4.69) is 5.32 Å². The fourth-order valence-electron chi connectivity index (χ4n) is 2.20. The molecule has 0 heterocycles. The Bertz CT molecular complexity index is 225. The lowest BCUT2D eigenvalue weighted by molar-refractivity contribution is -0.128. The zero-order valence-corrected chi connectivity index (χ0v) is 10.4. The van der Waals surface area contributed by atoms with Crippen molar-refractivity contribution in [3.63, 3.8) is 0 Å².